The van der Waals surface area contributed by atoms with Crippen LogP contribution in [0.15, 0.2) is 33.9 Å². The fraction of sp³-hybridized carbons (Fsp3) is 0.538. The van der Waals surface area contributed by atoms with Crippen molar-refractivity contribution in [2.45, 2.75) is 89.4 Å². The monoisotopic (exact) mass is 500 g/mol. The van der Waals surface area contributed by atoms with E-state index < -0.39 is 41.5 Å². The van der Waals surface area contributed by atoms with Crippen molar-refractivity contribution in [3.63, 3.8) is 0 Å². The Bertz CT molecular complexity index is 1290. The number of carboxylic acid groups (broad SMARTS) is 1. The smallest absolute Gasteiger partial charge is 0.332 e. The van der Waals surface area contributed by atoms with Crippen molar-refractivity contribution in [2.24, 2.45) is 0 Å². The van der Waals surface area contributed by atoms with E-state index in [1.807, 2.05) is 0 Å². The molecule has 1 amide bonds. The lowest BCUT2D eigenvalue weighted by atomic mass is 9.95. The molecule has 2 fully saturated rings. The molecule has 0 radical (unpaired) electrons. The zero-order chi connectivity index (χ0) is 25.8. The van der Waals surface area contributed by atoms with Crippen LogP contribution >= 0.6 is 0 Å². The highest BCUT2D eigenvalue weighted by Crippen LogP contribution is 2.32. The first-order valence-electron chi connectivity index (χ1n) is 12.7. The second-order valence-corrected chi connectivity index (χ2v) is 9.86. The molecule has 0 saturated heterocycles. The van der Waals surface area contributed by atoms with Gasteiger partial charge in [0.1, 0.15) is 12.4 Å². The Hall–Kier alpha value is -3.43. The highest BCUT2D eigenvalue weighted by atomic mass is 19.1. The summed E-state index contributed by atoms with van der Waals surface area (Å²) < 4.78 is 17.5. The number of fused-ring (bicyclic) bond motifs is 1. The average molecular weight is 501 g/mol. The van der Waals surface area contributed by atoms with Crippen molar-refractivity contribution in [3.8, 4) is 0 Å². The van der Waals surface area contributed by atoms with E-state index in [0.29, 0.717) is 5.52 Å². The summed E-state index contributed by atoms with van der Waals surface area (Å²) in [5.41, 5.74) is -0.657. The molecule has 4 rings (SSSR count). The van der Waals surface area contributed by atoms with Crippen LogP contribution in [0.25, 0.3) is 10.9 Å². The van der Waals surface area contributed by atoms with Gasteiger partial charge in [-0.05, 0) is 44.7 Å². The minimum absolute atomic E-state index is 0.0554. The van der Waals surface area contributed by atoms with E-state index in [0.717, 1.165) is 62.0 Å². The second-order valence-electron chi connectivity index (χ2n) is 9.86. The number of aromatic nitrogens is 2. The highest BCUT2D eigenvalue weighted by Gasteiger charge is 2.25. The topological polar surface area (TPSA) is 122 Å². The summed E-state index contributed by atoms with van der Waals surface area (Å²) in [4.78, 5) is 50.1. The highest BCUT2D eigenvalue weighted by molar-refractivity contribution is 5.83. The summed E-state index contributed by atoms with van der Waals surface area (Å²) in [5.74, 6) is -2.34. The molecule has 1 heterocycles. The number of nitrogens with zero attached hydrogens (tertiary/aromatic N) is 2. The predicted octanol–water partition coefficient (Wildman–Crippen LogP) is 3.31. The molecule has 1 aromatic heterocycles. The first-order valence-corrected chi connectivity index (χ1v) is 12.7. The molecule has 3 N–H and O–H groups in total. The lowest BCUT2D eigenvalue weighted by Crippen LogP contribution is -2.45. The molecular formula is C26H33FN4O5. The first-order chi connectivity index (χ1) is 17.2. The van der Waals surface area contributed by atoms with Crippen molar-refractivity contribution in [1.82, 2.24) is 14.5 Å². The molecule has 10 heteroatoms. The lowest BCUT2D eigenvalue weighted by Gasteiger charge is -2.25. The van der Waals surface area contributed by atoms with Gasteiger partial charge in [0, 0.05) is 24.2 Å². The van der Waals surface area contributed by atoms with Crippen LogP contribution in [0.3, 0.4) is 0 Å². The standard InChI is InChI=1S/C26H33FN4O5/c1-16(11-12-24(33)34)28-23(32)15-30-25(35)19-13-20(27)21(29-17-7-3-2-4-8-17)14-22(19)31(26(30)36)18-9-5-6-10-18/h11-14,16-18,29H,2-10,15H2,1H3,(H,28,32)(H,33,34)/t16-/m0/s1. The minimum atomic E-state index is -1.15. The largest absolute Gasteiger partial charge is 0.478 e. The third-order valence-electron chi connectivity index (χ3n) is 7.13. The molecule has 0 bridgehead atoms. The van der Waals surface area contributed by atoms with Gasteiger partial charge in [0.05, 0.1) is 16.6 Å². The first kappa shape index (κ1) is 25.7. The maximum absolute atomic E-state index is 15.1. The molecule has 194 valence electrons. The SMILES string of the molecule is C[C@@H](C=CC(=O)O)NC(=O)Cn1c(=O)c2cc(F)c(NC3CCCCC3)cc2n(C2CCCC2)c1=O. The quantitative estimate of drug-likeness (QED) is 0.478. The van der Waals surface area contributed by atoms with Gasteiger partial charge in [-0.1, -0.05) is 38.2 Å². The van der Waals surface area contributed by atoms with E-state index in [-0.39, 0.29) is 23.2 Å². The molecular weight excluding hydrogens is 467 g/mol. The number of carbonyl (C=O) groups is 2. The molecule has 0 unspecified atom stereocenters. The lowest BCUT2D eigenvalue weighted by molar-refractivity contribution is -0.131. The molecule has 2 saturated carbocycles. The molecule has 0 spiro atoms. The number of amides is 1. The number of carboxylic acids is 1. The Kier molecular flexibility index (Phi) is 7.91. The zero-order valence-corrected chi connectivity index (χ0v) is 20.5. The van der Waals surface area contributed by atoms with Gasteiger partial charge < -0.3 is 15.7 Å². The van der Waals surface area contributed by atoms with Crippen LogP contribution in [0.4, 0.5) is 10.1 Å². The number of aliphatic carboxylic acids is 1. The molecule has 9 nitrogen and oxygen atoms in total. The summed E-state index contributed by atoms with van der Waals surface area (Å²) in [7, 11) is 0. The van der Waals surface area contributed by atoms with Crippen LogP contribution in [0.1, 0.15) is 70.8 Å². The molecule has 2 aliphatic carbocycles. The van der Waals surface area contributed by atoms with Gasteiger partial charge in [0.15, 0.2) is 0 Å². The Morgan fingerprint density at radius 2 is 1.78 bits per heavy atom. The van der Waals surface area contributed by atoms with Crippen LogP contribution < -0.4 is 21.9 Å². The van der Waals surface area contributed by atoms with Crippen LogP contribution in [0, 0.1) is 5.82 Å². The predicted molar refractivity (Wildman–Crippen MR) is 135 cm³/mol. The summed E-state index contributed by atoms with van der Waals surface area (Å²) >= 11 is 0. The second kappa shape index (κ2) is 11.1. The van der Waals surface area contributed by atoms with Gasteiger partial charge in [-0.25, -0.2) is 14.0 Å². The van der Waals surface area contributed by atoms with E-state index >= 15 is 4.39 Å². The summed E-state index contributed by atoms with van der Waals surface area (Å²) in [6.45, 7) is 1.03. The number of benzene rings is 1. The van der Waals surface area contributed by atoms with Gasteiger partial charge >= 0.3 is 11.7 Å². The zero-order valence-electron chi connectivity index (χ0n) is 20.5. The van der Waals surface area contributed by atoms with Crippen LogP contribution in [-0.4, -0.2) is 38.2 Å². The van der Waals surface area contributed by atoms with Crippen molar-refractivity contribution in [2.75, 3.05) is 5.32 Å². The van der Waals surface area contributed by atoms with Crippen LogP contribution in [-0.2, 0) is 16.1 Å². The van der Waals surface area contributed by atoms with Gasteiger partial charge in [-0.15, -0.1) is 0 Å². The Morgan fingerprint density at radius 1 is 1.11 bits per heavy atom. The average Bonchev–Trinajstić information content (AvgIpc) is 3.37. The molecule has 2 aromatic rings. The third-order valence-corrected chi connectivity index (χ3v) is 7.13. The van der Waals surface area contributed by atoms with Gasteiger partial charge in [-0.3, -0.25) is 18.7 Å². The number of anilines is 1. The normalized spacial score (nSPS) is 18.1. The molecule has 1 atom stereocenters. The van der Waals surface area contributed by atoms with Crippen molar-refractivity contribution in [3.05, 3.63) is 50.9 Å². The van der Waals surface area contributed by atoms with Gasteiger partial charge in [0.25, 0.3) is 5.56 Å². The minimum Gasteiger partial charge on any atom is -0.478 e. The van der Waals surface area contributed by atoms with Crippen LogP contribution in [0.5, 0.6) is 0 Å². The van der Waals surface area contributed by atoms with Gasteiger partial charge in [-0.2, -0.15) is 0 Å². The van der Waals surface area contributed by atoms with E-state index in [9.17, 15) is 19.2 Å². The number of rotatable bonds is 8. The molecule has 2 aliphatic rings. The summed E-state index contributed by atoms with van der Waals surface area (Å²) in [5, 5.41) is 14.6. The number of halogens is 1. The number of hydrogen-bond acceptors (Lipinski definition) is 5. The van der Waals surface area contributed by atoms with Crippen molar-refractivity contribution < 1.29 is 19.1 Å². The van der Waals surface area contributed by atoms with Gasteiger partial charge in [0.2, 0.25) is 5.91 Å². The van der Waals surface area contributed by atoms with E-state index in [1.165, 1.54) is 18.6 Å². The maximum Gasteiger partial charge on any atom is 0.332 e. The fourth-order valence-corrected chi connectivity index (χ4v) is 5.35. The van der Waals surface area contributed by atoms with E-state index in [4.69, 9.17) is 5.11 Å². The van der Waals surface area contributed by atoms with E-state index in [2.05, 4.69) is 10.6 Å². The molecule has 0 aliphatic heterocycles. The Labute approximate surface area is 208 Å². The Morgan fingerprint density at radius 3 is 2.44 bits per heavy atom. The maximum atomic E-state index is 15.1. The Balaban J connectivity index is 1.73. The molecule has 36 heavy (non-hydrogen) atoms. The number of hydrogen-bond donors (Lipinski definition) is 3. The number of nitrogens with one attached hydrogen (secondary N) is 2. The van der Waals surface area contributed by atoms with E-state index in [1.54, 1.807) is 17.6 Å². The van der Waals surface area contributed by atoms with Crippen molar-refractivity contribution in [1.29, 1.82) is 0 Å². The fourth-order valence-electron chi connectivity index (χ4n) is 5.35. The van der Waals surface area contributed by atoms with Crippen molar-refractivity contribution >= 4 is 28.5 Å². The summed E-state index contributed by atoms with van der Waals surface area (Å²) in [6, 6.07) is 2.13. The number of carbonyl (C=O) groups excluding carboxylic acids is 1. The molecule has 1 aromatic carbocycles. The third kappa shape index (κ3) is 5.68. The van der Waals surface area contributed by atoms with Crippen LogP contribution in [0.2, 0.25) is 0 Å². The summed E-state index contributed by atoms with van der Waals surface area (Å²) in [6.07, 6.45) is 10.8.